The Hall–Kier alpha value is -1.82. The molecule has 0 N–H and O–H groups in total. The molecular formula is C25H28BrClN2O2. The first kappa shape index (κ1) is 22.4. The molecule has 164 valence electrons. The molecule has 1 aliphatic rings. The van der Waals surface area contributed by atoms with Crippen molar-refractivity contribution in [1.29, 1.82) is 0 Å². The predicted molar refractivity (Wildman–Crippen MR) is 131 cm³/mol. The lowest BCUT2D eigenvalue weighted by Gasteiger charge is -2.33. The van der Waals surface area contributed by atoms with Crippen molar-refractivity contribution < 1.29 is 9.53 Å². The number of hydrogen-bond acceptors (Lipinski definition) is 3. The van der Waals surface area contributed by atoms with Crippen LogP contribution in [-0.4, -0.2) is 41.0 Å². The third-order valence-corrected chi connectivity index (χ3v) is 6.97. The van der Waals surface area contributed by atoms with Crippen LogP contribution in [-0.2, 0) is 6.54 Å². The molecule has 1 atom stereocenters. The van der Waals surface area contributed by atoms with Gasteiger partial charge in [0, 0.05) is 39.2 Å². The van der Waals surface area contributed by atoms with Gasteiger partial charge in [0.2, 0.25) is 0 Å². The number of halogens is 2. The van der Waals surface area contributed by atoms with Crippen molar-refractivity contribution in [2.75, 3.05) is 19.6 Å². The molecule has 1 aromatic heterocycles. The van der Waals surface area contributed by atoms with Gasteiger partial charge in [-0.15, -0.1) is 0 Å². The summed E-state index contributed by atoms with van der Waals surface area (Å²) in [7, 11) is 0. The van der Waals surface area contributed by atoms with Gasteiger partial charge in [-0.25, -0.2) is 0 Å². The molecule has 1 unspecified atom stereocenters. The Bertz CT molecular complexity index is 1080. The number of Topliss-reactive ketones (excluding diaryl/α,β-unsaturated/α-hetero) is 1. The summed E-state index contributed by atoms with van der Waals surface area (Å²) >= 11 is 9.66. The van der Waals surface area contributed by atoms with Gasteiger partial charge in [-0.1, -0.05) is 23.7 Å². The minimum absolute atomic E-state index is 0.123. The largest absolute Gasteiger partial charge is 0.489 e. The molecule has 1 saturated heterocycles. The molecular weight excluding hydrogens is 476 g/mol. The molecule has 2 aromatic carbocycles. The molecule has 1 aliphatic heterocycles. The Morgan fingerprint density at radius 1 is 1.19 bits per heavy atom. The van der Waals surface area contributed by atoms with Crippen molar-refractivity contribution in [1.82, 2.24) is 9.47 Å². The Morgan fingerprint density at radius 2 is 1.97 bits per heavy atom. The smallest absolute Gasteiger partial charge is 0.162 e. The molecule has 0 bridgehead atoms. The van der Waals surface area contributed by atoms with Crippen molar-refractivity contribution in [2.24, 2.45) is 0 Å². The molecule has 3 aromatic rings. The van der Waals surface area contributed by atoms with E-state index in [1.807, 2.05) is 42.5 Å². The van der Waals surface area contributed by atoms with Gasteiger partial charge in [0.05, 0.1) is 5.52 Å². The van der Waals surface area contributed by atoms with Crippen LogP contribution in [0.5, 0.6) is 5.75 Å². The van der Waals surface area contributed by atoms with Gasteiger partial charge in [-0.3, -0.25) is 9.69 Å². The van der Waals surface area contributed by atoms with Gasteiger partial charge in [0.15, 0.2) is 5.78 Å². The molecule has 0 amide bonds. The molecule has 0 aliphatic carbocycles. The van der Waals surface area contributed by atoms with Crippen molar-refractivity contribution >= 4 is 44.2 Å². The minimum Gasteiger partial charge on any atom is -0.489 e. The Labute approximate surface area is 197 Å². The van der Waals surface area contributed by atoms with E-state index in [4.69, 9.17) is 16.3 Å². The van der Waals surface area contributed by atoms with Crippen LogP contribution >= 0.6 is 27.5 Å². The van der Waals surface area contributed by atoms with Gasteiger partial charge in [0.25, 0.3) is 0 Å². The Balaban J connectivity index is 1.40. The SMILES string of the molecule is CC(=O)c1c(C)n(CCCN2CCCC(Oc3ccc(Cl)cc3)C2)c2c(Br)cccc12. The zero-order chi connectivity index (χ0) is 22.0. The number of ether oxygens (including phenoxy) is 1. The van der Waals surface area contributed by atoms with Crippen LogP contribution in [0.15, 0.2) is 46.9 Å². The van der Waals surface area contributed by atoms with Crippen LogP contribution in [0.25, 0.3) is 10.9 Å². The lowest BCUT2D eigenvalue weighted by Crippen LogP contribution is -2.41. The van der Waals surface area contributed by atoms with Gasteiger partial charge >= 0.3 is 0 Å². The summed E-state index contributed by atoms with van der Waals surface area (Å²) in [5.41, 5.74) is 3.01. The third-order valence-electron chi connectivity index (χ3n) is 6.08. The number of carbonyl (C=O) groups excluding carboxylic acids is 1. The summed E-state index contributed by atoms with van der Waals surface area (Å²) in [6, 6.07) is 13.7. The van der Waals surface area contributed by atoms with Crippen LogP contribution in [0.1, 0.15) is 42.2 Å². The Morgan fingerprint density at radius 3 is 2.71 bits per heavy atom. The molecule has 4 rings (SSSR count). The summed E-state index contributed by atoms with van der Waals surface area (Å²) in [6.07, 6.45) is 3.46. The maximum atomic E-state index is 12.3. The number of para-hydroxylation sites is 1. The van der Waals surface area contributed by atoms with Gasteiger partial charge in [0.1, 0.15) is 11.9 Å². The second-order valence-corrected chi connectivity index (χ2v) is 9.59. The average Bonchev–Trinajstić information content (AvgIpc) is 3.03. The lowest BCUT2D eigenvalue weighted by atomic mass is 10.1. The number of piperidine rings is 1. The van der Waals surface area contributed by atoms with Crippen molar-refractivity contribution in [2.45, 2.75) is 45.8 Å². The number of ketones is 1. The minimum atomic E-state index is 0.123. The molecule has 2 heterocycles. The molecule has 31 heavy (non-hydrogen) atoms. The number of fused-ring (bicyclic) bond motifs is 1. The number of rotatable bonds is 7. The highest BCUT2D eigenvalue weighted by molar-refractivity contribution is 9.10. The highest BCUT2D eigenvalue weighted by Crippen LogP contribution is 2.32. The van der Waals surface area contributed by atoms with Gasteiger partial charge in [-0.05, 0) is 92.5 Å². The predicted octanol–water partition coefficient (Wildman–Crippen LogP) is 6.50. The Kier molecular flexibility index (Phi) is 7.05. The highest BCUT2D eigenvalue weighted by atomic mass is 79.9. The summed E-state index contributed by atoms with van der Waals surface area (Å²) in [6.45, 7) is 7.66. The van der Waals surface area contributed by atoms with Crippen molar-refractivity contribution in [3.05, 3.63) is 63.2 Å². The zero-order valence-electron chi connectivity index (χ0n) is 18.0. The number of likely N-dealkylation sites (tertiary alicyclic amines) is 1. The van der Waals surface area contributed by atoms with E-state index < -0.39 is 0 Å². The van der Waals surface area contributed by atoms with E-state index >= 15 is 0 Å². The molecule has 0 radical (unpaired) electrons. The molecule has 0 saturated carbocycles. The second kappa shape index (κ2) is 9.76. The quantitative estimate of drug-likeness (QED) is 0.345. The maximum absolute atomic E-state index is 12.3. The van der Waals surface area contributed by atoms with Crippen LogP contribution in [0, 0.1) is 6.92 Å². The van der Waals surface area contributed by atoms with Gasteiger partial charge < -0.3 is 9.30 Å². The number of nitrogens with zero attached hydrogens (tertiary/aromatic N) is 2. The average molecular weight is 504 g/mol. The number of carbonyl (C=O) groups is 1. The third kappa shape index (κ3) is 5.00. The number of hydrogen-bond donors (Lipinski definition) is 0. The van der Waals surface area contributed by atoms with Crippen LogP contribution in [0.4, 0.5) is 0 Å². The fraction of sp³-hybridized carbons (Fsp3) is 0.400. The molecule has 6 heteroatoms. The normalized spacial score (nSPS) is 17.2. The number of benzene rings is 2. The van der Waals surface area contributed by atoms with E-state index in [0.29, 0.717) is 0 Å². The van der Waals surface area contributed by atoms with Crippen molar-refractivity contribution in [3.8, 4) is 5.75 Å². The fourth-order valence-electron chi connectivity index (χ4n) is 4.68. The number of aryl methyl sites for hydroxylation is 1. The lowest BCUT2D eigenvalue weighted by molar-refractivity contribution is 0.0871. The summed E-state index contributed by atoms with van der Waals surface area (Å²) in [5.74, 6) is 1.00. The maximum Gasteiger partial charge on any atom is 0.162 e. The molecule has 1 fully saturated rings. The summed E-state index contributed by atoms with van der Waals surface area (Å²) in [5, 5.41) is 1.76. The zero-order valence-corrected chi connectivity index (χ0v) is 20.4. The monoisotopic (exact) mass is 502 g/mol. The number of aromatic nitrogens is 1. The van der Waals surface area contributed by atoms with Crippen LogP contribution in [0.2, 0.25) is 5.02 Å². The topological polar surface area (TPSA) is 34.5 Å². The van der Waals surface area contributed by atoms with Crippen molar-refractivity contribution in [3.63, 3.8) is 0 Å². The fourth-order valence-corrected chi connectivity index (χ4v) is 5.39. The van der Waals surface area contributed by atoms with E-state index in [0.717, 1.165) is 82.8 Å². The van der Waals surface area contributed by atoms with E-state index in [1.165, 1.54) is 0 Å². The van der Waals surface area contributed by atoms with E-state index in [2.05, 4.69) is 32.3 Å². The van der Waals surface area contributed by atoms with E-state index in [9.17, 15) is 4.79 Å². The first-order chi connectivity index (χ1) is 14.9. The van der Waals surface area contributed by atoms with Crippen LogP contribution in [0.3, 0.4) is 0 Å². The van der Waals surface area contributed by atoms with Gasteiger partial charge in [-0.2, -0.15) is 0 Å². The molecule has 4 nitrogen and oxygen atoms in total. The van der Waals surface area contributed by atoms with E-state index in [1.54, 1.807) is 6.92 Å². The molecule has 0 spiro atoms. The first-order valence-corrected chi connectivity index (χ1v) is 12.0. The standard InChI is InChI=1S/C25H28BrClN2O2/c1-17-24(18(2)30)22-7-3-8-23(26)25(22)29(17)15-5-14-28-13-4-6-21(16-28)31-20-11-9-19(27)10-12-20/h3,7-12,21H,4-6,13-16H2,1-2H3. The highest BCUT2D eigenvalue weighted by Gasteiger charge is 2.22. The summed E-state index contributed by atoms with van der Waals surface area (Å²) in [4.78, 5) is 14.8. The van der Waals surface area contributed by atoms with E-state index in [-0.39, 0.29) is 11.9 Å². The van der Waals surface area contributed by atoms with Crippen LogP contribution < -0.4 is 4.74 Å². The summed E-state index contributed by atoms with van der Waals surface area (Å²) < 4.78 is 9.51. The first-order valence-electron chi connectivity index (χ1n) is 10.9. The second-order valence-electron chi connectivity index (χ2n) is 8.29.